The third-order valence-corrected chi connectivity index (χ3v) is 1.36. The lowest BCUT2D eigenvalue weighted by atomic mass is 10.8. The van der Waals surface area contributed by atoms with Gasteiger partial charge in [-0.1, -0.05) is 0 Å². The van der Waals surface area contributed by atoms with Gasteiger partial charge in [-0.3, -0.25) is 5.10 Å². The largest absolute Gasteiger partial charge is 0.447 e. The Balaban J connectivity index is 2.57. The maximum Gasteiger partial charge on any atom is 0.447 e. The van der Waals surface area contributed by atoms with E-state index in [0.717, 1.165) is 0 Å². The summed E-state index contributed by atoms with van der Waals surface area (Å²) in [6.45, 7) is 0. The van der Waals surface area contributed by atoms with Gasteiger partial charge in [0.05, 0.1) is 0 Å². The number of aromatic nitrogens is 2. The molecule has 0 unspecified atom stereocenters. The van der Waals surface area contributed by atoms with Crippen molar-refractivity contribution in [1.29, 1.82) is 0 Å². The van der Waals surface area contributed by atoms with E-state index in [1.54, 1.807) is 0 Å². The minimum absolute atomic E-state index is 0.0625. The van der Waals surface area contributed by atoms with Crippen LogP contribution in [0.1, 0.15) is 0 Å². The van der Waals surface area contributed by atoms with Gasteiger partial charge in [0.15, 0.2) is 0 Å². The fraction of sp³-hybridized carbons (Fsp3) is 0.250. The van der Waals surface area contributed by atoms with E-state index in [1.807, 2.05) is 0 Å². The van der Waals surface area contributed by atoms with Crippen molar-refractivity contribution in [1.82, 2.24) is 10.2 Å². The zero-order valence-electron chi connectivity index (χ0n) is 4.64. The van der Waals surface area contributed by atoms with Crippen molar-refractivity contribution in [2.24, 2.45) is 0 Å². The van der Waals surface area contributed by atoms with E-state index in [0.29, 0.717) is 0 Å². The lowest BCUT2D eigenvalue weighted by Crippen LogP contribution is -1.98. The summed E-state index contributed by atoms with van der Waals surface area (Å²) < 4.78 is 34.6. The molecular weight excluding hydrogens is 165 g/mol. The number of nitrogens with one attached hydrogen (secondary N) is 1. The van der Waals surface area contributed by atoms with Crippen LogP contribution in [-0.4, -0.2) is 15.7 Å². The molecule has 1 aromatic rings. The van der Waals surface area contributed by atoms with Gasteiger partial charge in [0, 0.05) is 18.0 Å². The number of rotatable bonds is 1. The summed E-state index contributed by atoms with van der Waals surface area (Å²) >= 11 is -0.235. The van der Waals surface area contributed by atoms with Gasteiger partial charge in [-0.25, -0.2) is 0 Å². The molecule has 10 heavy (non-hydrogen) atoms. The Morgan fingerprint density at radius 3 is 2.60 bits per heavy atom. The van der Waals surface area contributed by atoms with Crippen molar-refractivity contribution in [2.75, 3.05) is 0 Å². The number of hydrogen-bond donors (Lipinski definition) is 1. The lowest BCUT2D eigenvalue weighted by molar-refractivity contribution is -0.0329. The first-order valence-corrected chi connectivity index (χ1v) is 3.15. The van der Waals surface area contributed by atoms with Crippen LogP contribution >= 0.6 is 11.8 Å². The van der Waals surface area contributed by atoms with Gasteiger partial charge in [0.1, 0.15) is 5.03 Å². The summed E-state index contributed by atoms with van der Waals surface area (Å²) in [5.74, 6) is 0. The van der Waals surface area contributed by atoms with E-state index in [2.05, 4.69) is 10.2 Å². The molecule has 0 aliphatic rings. The summed E-state index contributed by atoms with van der Waals surface area (Å²) in [7, 11) is 0. The number of alkyl halides is 3. The van der Waals surface area contributed by atoms with Gasteiger partial charge in [0.25, 0.3) is 0 Å². The molecule has 0 aliphatic carbocycles. The second-order valence-corrected chi connectivity index (χ2v) is 2.55. The van der Waals surface area contributed by atoms with Crippen LogP contribution in [0, 0.1) is 0 Å². The highest BCUT2D eigenvalue weighted by molar-refractivity contribution is 8.00. The molecule has 0 spiro atoms. The Morgan fingerprint density at radius 1 is 1.50 bits per heavy atom. The minimum Gasteiger partial charge on any atom is -0.285 e. The molecule has 0 atom stereocenters. The molecule has 0 radical (unpaired) electrons. The second-order valence-electron chi connectivity index (χ2n) is 1.46. The van der Waals surface area contributed by atoms with Crippen molar-refractivity contribution < 1.29 is 13.2 Å². The zero-order valence-corrected chi connectivity index (χ0v) is 5.46. The summed E-state index contributed by atoms with van der Waals surface area (Å²) in [5, 5.41) is 5.54. The molecule has 56 valence electrons. The van der Waals surface area contributed by atoms with Crippen molar-refractivity contribution in [3.8, 4) is 0 Å². The average Bonchev–Trinajstić information content (AvgIpc) is 2.12. The maximum absolute atomic E-state index is 11.5. The number of aromatic amines is 1. The molecule has 0 aliphatic heterocycles. The summed E-state index contributed by atoms with van der Waals surface area (Å²) in [5.41, 5.74) is -4.24. The van der Waals surface area contributed by atoms with E-state index in [1.165, 1.54) is 12.3 Å². The van der Waals surface area contributed by atoms with Crippen LogP contribution in [0.2, 0.25) is 0 Å². The third kappa shape index (κ3) is 2.30. The van der Waals surface area contributed by atoms with Gasteiger partial charge < -0.3 is 0 Å². The molecular formula is C4H3F3N2S. The topological polar surface area (TPSA) is 28.7 Å². The number of halogens is 3. The van der Waals surface area contributed by atoms with Crippen molar-refractivity contribution in [3.63, 3.8) is 0 Å². The molecule has 0 bridgehead atoms. The van der Waals surface area contributed by atoms with E-state index >= 15 is 0 Å². The fourth-order valence-corrected chi connectivity index (χ4v) is 0.894. The van der Waals surface area contributed by atoms with E-state index in [9.17, 15) is 13.2 Å². The molecule has 0 fully saturated rings. The smallest absolute Gasteiger partial charge is 0.285 e. The standard InChI is InChI=1S/C4H3F3N2S/c5-4(6,7)10-3-1-2-8-9-3/h1-2H,(H,8,9). The summed E-state index contributed by atoms with van der Waals surface area (Å²) in [4.78, 5) is 0. The molecule has 0 amide bonds. The van der Waals surface area contributed by atoms with Gasteiger partial charge in [-0.2, -0.15) is 18.3 Å². The SMILES string of the molecule is FC(F)(F)Sc1cc[nH]n1. The van der Waals surface area contributed by atoms with Crippen LogP contribution in [0.3, 0.4) is 0 Å². The van der Waals surface area contributed by atoms with Crippen LogP contribution in [0.15, 0.2) is 17.3 Å². The molecule has 1 rings (SSSR count). The van der Waals surface area contributed by atoms with E-state index in [-0.39, 0.29) is 16.8 Å². The summed E-state index contributed by atoms with van der Waals surface area (Å²) in [6.07, 6.45) is 1.34. The van der Waals surface area contributed by atoms with Gasteiger partial charge in [0.2, 0.25) is 0 Å². The van der Waals surface area contributed by atoms with Gasteiger partial charge in [-0.15, -0.1) is 0 Å². The van der Waals surface area contributed by atoms with Gasteiger partial charge in [-0.05, 0) is 6.07 Å². The molecule has 1 heterocycles. The van der Waals surface area contributed by atoms with Crippen molar-refractivity contribution in [2.45, 2.75) is 10.5 Å². The highest BCUT2D eigenvalue weighted by Crippen LogP contribution is 2.35. The Hall–Kier alpha value is -0.650. The van der Waals surface area contributed by atoms with E-state index < -0.39 is 5.51 Å². The van der Waals surface area contributed by atoms with Crippen LogP contribution in [-0.2, 0) is 0 Å². The quantitative estimate of drug-likeness (QED) is 0.650. The number of nitrogens with zero attached hydrogens (tertiary/aromatic N) is 1. The molecule has 0 saturated heterocycles. The molecule has 2 nitrogen and oxygen atoms in total. The number of H-pyrrole nitrogens is 1. The van der Waals surface area contributed by atoms with E-state index in [4.69, 9.17) is 0 Å². The zero-order chi connectivity index (χ0) is 7.61. The number of thioether (sulfide) groups is 1. The predicted octanol–water partition coefficient (Wildman–Crippen LogP) is 2.02. The second kappa shape index (κ2) is 2.53. The Bertz CT molecular complexity index is 193. The monoisotopic (exact) mass is 168 g/mol. The van der Waals surface area contributed by atoms with Crippen molar-refractivity contribution in [3.05, 3.63) is 12.3 Å². The van der Waals surface area contributed by atoms with Gasteiger partial charge >= 0.3 is 5.51 Å². The molecule has 1 N–H and O–H groups in total. The first kappa shape index (κ1) is 7.46. The van der Waals surface area contributed by atoms with Crippen LogP contribution in [0.5, 0.6) is 0 Å². The first-order valence-electron chi connectivity index (χ1n) is 2.33. The van der Waals surface area contributed by atoms with Crippen LogP contribution in [0.25, 0.3) is 0 Å². The predicted molar refractivity (Wildman–Crippen MR) is 30.5 cm³/mol. The Kier molecular flexibility index (Phi) is 1.89. The summed E-state index contributed by atoms with van der Waals surface area (Å²) in [6, 6.07) is 1.26. The van der Waals surface area contributed by atoms with Crippen LogP contribution in [0.4, 0.5) is 13.2 Å². The van der Waals surface area contributed by atoms with Crippen LogP contribution < -0.4 is 0 Å². The van der Waals surface area contributed by atoms with Crippen molar-refractivity contribution >= 4 is 11.8 Å². The highest BCUT2D eigenvalue weighted by atomic mass is 32.2. The fourth-order valence-electron chi connectivity index (χ4n) is 0.422. The first-order chi connectivity index (χ1) is 4.58. The Morgan fingerprint density at radius 2 is 2.20 bits per heavy atom. The number of hydrogen-bond acceptors (Lipinski definition) is 2. The maximum atomic E-state index is 11.5. The Labute approximate surface area is 58.8 Å². The molecule has 0 saturated carbocycles. The molecule has 1 aromatic heterocycles. The highest BCUT2D eigenvalue weighted by Gasteiger charge is 2.30. The average molecular weight is 168 g/mol. The lowest BCUT2D eigenvalue weighted by Gasteiger charge is -1.99. The third-order valence-electron chi connectivity index (χ3n) is 0.695. The normalized spacial score (nSPS) is 11.9. The molecule has 6 heteroatoms. The minimum atomic E-state index is -4.24. The molecule has 0 aromatic carbocycles.